The zero-order valence-corrected chi connectivity index (χ0v) is 5.36. The van der Waals surface area contributed by atoms with Crippen LogP contribution in [0.25, 0.3) is 0 Å². The van der Waals surface area contributed by atoms with Crippen LogP contribution in [-0.2, 0) is 0 Å². The molecule has 0 aliphatic carbocycles. The summed E-state index contributed by atoms with van der Waals surface area (Å²) >= 11 is 0. The molecular weight excluding hydrogens is 200 g/mol. The number of rotatable bonds is 0. The molecule has 0 fully saturated rings. The van der Waals surface area contributed by atoms with Crippen LogP contribution in [0.2, 0.25) is 0 Å². The van der Waals surface area contributed by atoms with Crippen LogP contribution in [0.4, 0.5) is 4.79 Å². The molecule has 3 nitrogen and oxygen atoms in total. The van der Waals surface area contributed by atoms with E-state index in [2.05, 4.69) is 0 Å². The quantitative estimate of drug-likeness (QED) is 0.436. The summed E-state index contributed by atoms with van der Waals surface area (Å²) in [6.07, 6.45) is -2.33. The van der Waals surface area contributed by atoms with Crippen molar-refractivity contribution in [3.8, 4) is 0 Å². The first-order valence-electron chi connectivity index (χ1n) is 0.612. The standard InChI is InChI=1S/CH2O3.Ce/c2-1(3)4;/h(H2,2,3,4);/q;+2/p-2. The molecule has 0 aromatic carbocycles. The molecule has 0 aromatic heterocycles. The van der Waals surface area contributed by atoms with E-state index in [-0.39, 0.29) is 41.7 Å². The number of hydrogen-bond donors (Lipinski definition) is 0. The van der Waals surface area contributed by atoms with Crippen LogP contribution in [0.5, 0.6) is 0 Å². The Hall–Kier alpha value is 0.647. The maximum Gasteiger partial charge on any atom is 2.00 e. The molecule has 5 heavy (non-hydrogen) atoms. The van der Waals surface area contributed by atoms with Crippen molar-refractivity contribution >= 4 is 6.16 Å². The fraction of sp³-hybridized carbons (Fsp3) is 0. The van der Waals surface area contributed by atoms with E-state index in [0.717, 1.165) is 0 Å². The summed E-state index contributed by atoms with van der Waals surface area (Å²) in [7, 11) is 0. The average Bonchev–Trinajstić information content (AvgIpc) is 0.811. The van der Waals surface area contributed by atoms with Gasteiger partial charge in [0.2, 0.25) is 0 Å². The van der Waals surface area contributed by atoms with E-state index < -0.39 is 6.16 Å². The predicted molar refractivity (Wildman–Crippen MR) is 5.40 cm³/mol. The maximum atomic E-state index is 8.33. The Morgan fingerprint density at radius 1 is 1.40 bits per heavy atom. The molecule has 0 saturated heterocycles. The zero-order chi connectivity index (χ0) is 3.58. The normalized spacial score (nSPS) is 4.80. The molecule has 4 heteroatoms. The summed E-state index contributed by atoms with van der Waals surface area (Å²) in [4.78, 5) is 8.33. The Labute approximate surface area is 62.4 Å². The molecule has 0 atom stereocenters. The smallest absolute Gasteiger partial charge is 0.652 e. The molecule has 0 aliphatic heterocycles. The third-order valence-corrected chi connectivity index (χ3v) is 0. The summed E-state index contributed by atoms with van der Waals surface area (Å²) in [5.74, 6) is 0. The van der Waals surface area contributed by atoms with Crippen molar-refractivity contribution in [3.05, 3.63) is 0 Å². The molecule has 0 unspecified atom stereocenters. The molecule has 0 spiro atoms. The second-order valence-corrected chi connectivity index (χ2v) is 0.250. The fourth-order valence-electron chi connectivity index (χ4n) is 0. The predicted octanol–water partition coefficient (Wildman–Crippen LogP) is -2.45. The Balaban J connectivity index is 0. The van der Waals surface area contributed by atoms with E-state index in [4.69, 9.17) is 15.0 Å². The summed E-state index contributed by atoms with van der Waals surface area (Å²) in [6.45, 7) is 0. The van der Waals surface area contributed by atoms with Crippen molar-refractivity contribution in [2.75, 3.05) is 0 Å². The largest absolute Gasteiger partial charge is 2.00 e. The first-order chi connectivity index (χ1) is 1.73. The van der Waals surface area contributed by atoms with Crippen molar-refractivity contribution in [1.29, 1.82) is 0 Å². The number of carboxylic acid groups (broad SMARTS) is 2. The molecule has 0 saturated carbocycles. The Morgan fingerprint density at radius 2 is 1.40 bits per heavy atom. The molecule has 0 radical (unpaired) electrons. The minimum Gasteiger partial charge on any atom is -0.652 e. The van der Waals surface area contributed by atoms with Gasteiger partial charge in [0.15, 0.2) is 0 Å². The van der Waals surface area contributed by atoms with Gasteiger partial charge in [-0.15, -0.1) is 0 Å². The van der Waals surface area contributed by atoms with Gasteiger partial charge in [-0.1, -0.05) is 0 Å². The van der Waals surface area contributed by atoms with Crippen LogP contribution in [0.3, 0.4) is 0 Å². The van der Waals surface area contributed by atoms with E-state index in [1.165, 1.54) is 0 Å². The van der Waals surface area contributed by atoms with Gasteiger partial charge in [-0.05, 0) is 6.16 Å². The van der Waals surface area contributed by atoms with Crippen LogP contribution in [0.15, 0.2) is 0 Å². The molecule has 0 heterocycles. The SMILES string of the molecule is O=C([O-])[O-].[Ce+2]. The fourth-order valence-corrected chi connectivity index (χ4v) is 0. The van der Waals surface area contributed by atoms with E-state index in [1.807, 2.05) is 0 Å². The minimum atomic E-state index is -2.33. The second kappa shape index (κ2) is 4.65. The topological polar surface area (TPSA) is 63.2 Å². The Bertz CT molecular complexity index is 29.9. The molecule has 0 bridgehead atoms. The van der Waals surface area contributed by atoms with Crippen molar-refractivity contribution in [2.24, 2.45) is 0 Å². The third kappa shape index (κ3) is 77.8. The molecule has 0 aromatic rings. The summed E-state index contributed by atoms with van der Waals surface area (Å²) in [5.41, 5.74) is 0. The van der Waals surface area contributed by atoms with Crippen molar-refractivity contribution in [1.82, 2.24) is 0 Å². The number of carbonyl (C=O) groups excluding carboxylic acids is 1. The first kappa shape index (κ1) is 9.17. The molecule has 0 amide bonds. The number of hydrogen-bond acceptors (Lipinski definition) is 3. The van der Waals surface area contributed by atoms with Crippen molar-refractivity contribution < 1.29 is 56.8 Å². The van der Waals surface area contributed by atoms with E-state index >= 15 is 0 Å². The molecule has 0 rings (SSSR count). The Kier molecular flexibility index (Phi) is 8.52. The van der Waals surface area contributed by atoms with Crippen molar-refractivity contribution in [2.45, 2.75) is 0 Å². The van der Waals surface area contributed by atoms with Gasteiger partial charge >= 0.3 is 41.7 Å². The summed E-state index contributed by atoms with van der Waals surface area (Å²) < 4.78 is 0. The Morgan fingerprint density at radius 3 is 1.40 bits per heavy atom. The van der Waals surface area contributed by atoms with E-state index in [0.29, 0.717) is 0 Å². The van der Waals surface area contributed by atoms with Gasteiger partial charge in [0.1, 0.15) is 0 Å². The van der Waals surface area contributed by atoms with Crippen molar-refractivity contribution in [3.63, 3.8) is 0 Å². The van der Waals surface area contributed by atoms with Gasteiger partial charge in [0, 0.05) is 0 Å². The van der Waals surface area contributed by atoms with Gasteiger partial charge in [-0.3, -0.25) is 0 Å². The van der Waals surface area contributed by atoms with E-state index in [1.54, 1.807) is 0 Å². The molecule has 0 aliphatic rings. The van der Waals surface area contributed by atoms with E-state index in [9.17, 15) is 0 Å². The minimum absolute atomic E-state index is 0. The van der Waals surface area contributed by atoms with Gasteiger partial charge in [0.25, 0.3) is 0 Å². The number of carbonyl (C=O) groups is 1. The van der Waals surface area contributed by atoms with Crippen LogP contribution in [0, 0.1) is 41.7 Å². The van der Waals surface area contributed by atoms with Crippen LogP contribution >= 0.6 is 0 Å². The molecule has 26 valence electrons. The monoisotopic (exact) mass is 200 g/mol. The van der Waals surface area contributed by atoms with Crippen LogP contribution in [0.1, 0.15) is 0 Å². The van der Waals surface area contributed by atoms with Gasteiger partial charge in [0.05, 0.1) is 0 Å². The average molecular weight is 200 g/mol. The van der Waals surface area contributed by atoms with Gasteiger partial charge in [-0.25, -0.2) is 0 Å². The maximum absolute atomic E-state index is 8.33. The molecular formula is CCeO3. The van der Waals surface area contributed by atoms with Crippen LogP contribution < -0.4 is 10.2 Å². The van der Waals surface area contributed by atoms with Gasteiger partial charge in [-0.2, -0.15) is 0 Å². The summed E-state index contributed by atoms with van der Waals surface area (Å²) in [5, 5.41) is 16.7. The second-order valence-electron chi connectivity index (χ2n) is 0.250. The van der Waals surface area contributed by atoms with Crippen LogP contribution in [-0.4, -0.2) is 6.16 Å². The molecule has 0 N–H and O–H groups in total. The van der Waals surface area contributed by atoms with Gasteiger partial charge < -0.3 is 15.0 Å². The first-order valence-corrected chi connectivity index (χ1v) is 0.612. The third-order valence-electron chi connectivity index (χ3n) is 0. The summed E-state index contributed by atoms with van der Waals surface area (Å²) in [6, 6.07) is 0. The zero-order valence-electron chi connectivity index (χ0n) is 2.22.